The van der Waals surface area contributed by atoms with Crippen molar-refractivity contribution in [2.24, 2.45) is 5.92 Å². The molecule has 2 heteroatoms. The zero-order valence-corrected chi connectivity index (χ0v) is 12.3. The molecule has 0 aliphatic heterocycles. The van der Waals surface area contributed by atoms with Crippen LogP contribution in [0.1, 0.15) is 48.6 Å². The number of hydrogen-bond donors (Lipinski definition) is 1. The molecule has 0 aliphatic rings. The quantitative estimate of drug-likeness (QED) is 0.780. The minimum atomic E-state index is -0.516. The monoisotopic (exact) mass is 250 g/mol. The molecule has 2 nitrogen and oxygen atoms in total. The normalized spacial score (nSPS) is 13.1. The molecule has 1 aromatic rings. The minimum absolute atomic E-state index is 0.386. The first kappa shape index (κ1) is 15.2. The van der Waals surface area contributed by atoms with Crippen molar-refractivity contribution >= 4 is 0 Å². The molecule has 0 radical (unpaired) electrons. The van der Waals surface area contributed by atoms with Gasteiger partial charge >= 0.3 is 0 Å². The highest BCUT2D eigenvalue weighted by Crippen LogP contribution is 2.23. The van der Waals surface area contributed by atoms with Gasteiger partial charge in [0.25, 0.3) is 0 Å². The van der Waals surface area contributed by atoms with Gasteiger partial charge in [-0.3, -0.25) is 0 Å². The van der Waals surface area contributed by atoms with Crippen molar-refractivity contribution < 1.29 is 9.84 Å². The Bertz CT molecular complexity index is 360. The Hall–Kier alpha value is -0.860. The average Bonchev–Trinajstić information content (AvgIpc) is 2.22. The van der Waals surface area contributed by atoms with Gasteiger partial charge in [-0.15, -0.1) is 0 Å². The third kappa shape index (κ3) is 4.43. The molecule has 0 saturated heterocycles. The molecule has 1 N–H and O–H groups in total. The Labute approximate surface area is 111 Å². The zero-order valence-electron chi connectivity index (χ0n) is 12.3. The summed E-state index contributed by atoms with van der Waals surface area (Å²) in [4.78, 5) is 0. The van der Waals surface area contributed by atoms with Crippen LogP contribution in [-0.2, 0) is 4.74 Å². The first-order valence-corrected chi connectivity index (χ1v) is 6.75. The molecule has 0 aromatic heterocycles. The first-order valence-electron chi connectivity index (χ1n) is 6.75. The number of aliphatic hydroxyl groups is 1. The molecule has 0 aliphatic carbocycles. The third-order valence-electron chi connectivity index (χ3n) is 3.19. The lowest BCUT2D eigenvalue weighted by atomic mass is 9.96. The standard InChI is InChI=1S/C16H26O2/c1-11(2)6-7-18-10-15(17)16-13(4)8-12(3)9-14(16)5/h8-9,11,15,17H,6-7,10H2,1-5H3. The summed E-state index contributed by atoms with van der Waals surface area (Å²) in [6.45, 7) is 11.6. The van der Waals surface area contributed by atoms with Crippen LogP contribution in [0.4, 0.5) is 0 Å². The Morgan fingerprint density at radius 2 is 1.67 bits per heavy atom. The second kappa shape index (κ2) is 6.91. The first-order chi connectivity index (χ1) is 8.41. The minimum Gasteiger partial charge on any atom is -0.386 e. The van der Waals surface area contributed by atoms with E-state index in [9.17, 15) is 5.11 Å². The molecule has 1 unspecified atom stereocenters. The van der Waals surface area contributed by atoms with E-state index in [1.54, 1.807) is 0 Å². The van der Waals surface area contributed by atoms with Crippen LogP contribution in [0.2, 0.25) is 0 Å². The largest absolute Gasteiger partial charge is 0.386 e. The maximum atomic E-state index is 10.2. The number of ether oxygens (including phenoxy) is 1. The highest BCUT2D eigenvalue weighted by molar-refractivity contribution is 5.38. The van der Waals surface area contributed by atoms with Crippen molar-refractivity contribution in [1.29, 1.82) is 0 Å². The van der Waals surface area contributed by atoms with Gasteiger partial charge in [0.15, 0.2) is 0 Å². The number of benzene rings is 1. The van der Waals surface area contributed by atoms with Gasteiger partial charge in [-0.05, 0) is 49.8 Å². The van der Waals surface area contributed by atoms with Gasteiger partial charge in [-0.1, -0.05) is 31.5 Å². The van der Waals surface area contributed by atoms with E-state index < -0.39 is 6.10 Å². The van der Waals surface area contributed by atoms with Gasteiger partial charge in [-0.2, -0.15) is 0 Å². The molecule has 1 aromatic carbocycles. The Morgan fingerprint density at radius 3 is 2.17 bits per heavy atom. The van der Waals surface area contributed by atoms with Crippen molar-refractivity contribution in [2.45, 2.75) is 47.1 Å². The summed E-state index contributed by atoms with van der Waals surface area (Å²) in [5, 5.41) is 10.2. The predicted molar refractivity (Wildman–Crippen MR) is 75.9 cm³/mol. The molecule has 102 valence electrons. The molecule has 0 bridgehead atoms. The Morgan fingerprint density at radius 1 is 1.11 bits per heavy atom. The summed E-state index contributed by atoms with van der Waals surface area (Å²) < 4.78 is 5.55. The van der Waals surface area contributed by atoms with E-state index in [1.807, 2.05) is 13.8 Å². The van der Waals surface area contributed by atoms with Crippen LogP contribution < -0.4 is 0 Å². The molecule has 0 spiro atoms. The topological polar surface area (TPSA) is 29.5 Å². The number of hydrogen-bond acceptors (Lipinski definition) is 2. The van der Waals surface area contributed by atoms with E-state index in [0.29, 0.717) is 12.5 Å². The van der Waals surface area contributed by atoms with E-state index in [1.165, 1.54) is 5.56 Å². The summed E-state index contributed by atoms with van der Waals surface area (Å²) >= 11 is 0. The van der Waals surface area contributed by atoms with Gasteiger partial charge in [0, 0.05) is 6.61 Å². The molecular weight excluding hydrogens is 224 g/mol. The molecule has 0 heterocycles. The van der Waals surface area contributed by atoms with Crippen LogP contribution in [0.25, 0.3) is 0 Å². The summed E-state index contributed by atoms with van der Waals surface area (Å²) in [5.74, 6) is 0.644. The fraction of sp³-hybridized carbons (Fsp3) is 0.625. The number of aliphatic hydroxyl groups excluding tert-OH is 1. The summed E-state index contributed by atoms with van der Waals surface area (Å²) in [7, 11) is 0. The molecule has 1 rings (SSSR count). The third-order valence-corrected chi connectivity index (χ3v) is 3.19. The molecule has 0 saturated carbocycles. The van der Waals surface area contributed by atoms with Crippen LogP contribution >= 0.6 is 0 Å². The summed E-state index contributed by atoms with van der Waals surface area (Å²) in [6.07, 6.45) is 0.524. The maximum absolute atomic E-state index is 10.2. The van der Waals surface area contributed by atoms with Crippen LogP contribution in [0.5, 0.6) is 0 Å². The highest BCUT2D eigenvalue weighted by Gasteiger charge is 2.13. The van der Waals surface area contributed by atoms with Crippen LogP contribution in [0.15, 0.2) is 12.1 Å². The van der Waals surface area contributed by atoms with Crippen LogP contribution in [0.3, 0.4) is 0 Å². The van der Waals surface area contributed by atoms with Crippen LogP contribution in [0, 0.1) is 26.7 Å². The molecular formula is C16H26O2. The molecule has 1 atom stereocenters. The lowest BCUT2D eigenvalue weighted by Crippen LogP contribution is -2.12. The highest BCUT2D eigenvalue weighted by atomic mass is 16.5. The van der Waals surface area contributed by atoms with Gasteiger partial charge in [0.2, 0.25) is 0 Å². The second-order valence-corrected chi connectivity index (χ2v) is 5.59. The van der Waals surface area contributed by atoms with Crippen molar-refractivity contribution in [2.75, 3.05) is 13.2 Å². The zero-order chi connectivity index (χ0) is 13.7. The molecule has 0 fully saturated rings. The summed E-state index contributed by atoms with van der Waals surface area (Å²) in [5.41, 5.74) is 4.55. The lowest BCUT2D eigenvalue weighted by Gasteiger charge is -2.18. The van der Waals surface area contributed by atoms with E-state index in [0.717, 1.165) is 29.7 Å². The van der Waals surface area contributed by atoms with Gasteiger partial charge < -0.3 is 9.84 Å². The van der Waals surface area contributed by atoms with Crippen LogP contribution in [-0.4, -0.2) is 18.3 Å². The van der Waals surface area contributed by atoms with Crippen molar-refractivity contribution in [3.8, 4) is 0 Å². The van der Waals surface area contributed by atoms with Crippen molar-refractivity contribution in [3.63, 3.8) is 0 Å². The van der Waals surface area contributed by atoms with Gasteiger partial charge in [-0.25, -0.2) is 0 Å². The average molecular weight is 250 g/mol. The molecule has 18 heavy (non-hydrogen) atoms. The van der Waals surface area contributed by atoms with E-state index in [2.05, 4.69) is 32.9 Å². The fourth-order valence-corrected chi connectivity index (χ4v) is 2.31. The number of rotatable bonds is 6. The fourth-order valence-electron chi connectivity index (χ4n) is 2.31. The maximum Gasteiger partial charge on any atom is 0.103 e. The number of aryl methyl sites for hydroxylation is 3. The lowest BCUT2D eigenvalue weighted by molar-refractivity contribution is 0.0313. The van der Waals surface area contributed by atoms with Crippen molar-refractivity contribution in [3.05, 3.63) is 34.4 Å². The van der Waals surface area contributed by atoms with E-state index in [-0.39, 0.29) is 0 Å². The van der Waals surface area contributed by atoms with E-state index >= 15 is 0 Å². The summed E-state index contributed by atoms with van der Waals surface area (Å²) in [6, 6.07) is 4.22. The molecule has 0 amide bonds. The Kier molecular flexibility index (Phi) is 5.83. The second-order valence-electron chi connectivity index (χ2n) is 5.59. The smallest absolute Gasteiger partial charge is 0.103 e. The SMILES string of the molecule is Cc1cc(C)c(C(O)COCCC(C)C)c(C)c1. The van der Waals surface area contributed by atoms with Gasteiger partial charge in [0.05, 0.1) is 6.61 Å². The van der Waals surface area contributed by atoms with E-state index in [4.69, 9.17) is 4.74 Å². The Balaban J connectivity index is 2.59. The predicted octanol–water partition coefficient (Wildman–Crippen LogP) is 3.71. The van der Waals surface area contributed by atoms with Gasteiger partial charge in [0.1, 0.15) is 6.10 Å². The van der Waals surface area contributed by atoms with Crippen molar-refractivity contribution in [1.82, 2.24) is 0 Å².